The van der Waals surface area contributed by atoms with E-state index in [1.54, 1.807) is 0 Å². The van der Waals surface area contributed by atoms with Crippen LogP contribution in [0.1, 0.15) is 48.6 Å². The first kappa shape index (κ1) is 68.7. The highest BCUT2D eigenvalue weighted by atomic mass is 15.1. The molecule has 2 heterocycles. The molecule has 20 rings (SSSR count). The summed E-state index contributed by atoms with van der Waals surface area (Å²) in [6.07, 6.45) is 0. The van der Waals surface area contributed by atoms with Crippen molar-refractivity contribution < 1.29 is 0 Å². The van der Waals surface area contributed by atoms with Crippen molar-refractivity contribution in [2.24, 2.45) is 0 Å². The smallest absolute Gasteiger partial charge is 0.0542 e. The Balaban J connectivity index is 0.000000152. The highest BCUT2D eigenvalue weighted by molar-refractivity contribution is 6.23. The summed E-state index contributed by atoms with van der Waals surface area (Å²) in [4.78, 5) is 4.69. The predicted molar refractivity (Wildman–Crippen MR) is 480 cm³/mol. The van der Waals surface area contributed by atoms with E-state index in [1.165, 1.54) is 165 Å². The Kier molecular flexibility index (Phi) is 17.4. The average Bonchev–Trinajstić information content (AvgIpc) is 1.16. The number of nitrogens with zero attached hydrogens (tertiary/aromatic N) is 4. The highest BCUT2D eigenvalue weighted by Gasteiger charge is 2.25. The molecule has 0 aliphatic carbocycles. The van der Waals surface area contributed by atoms with Crippen LogP contribution in [0.15, 0.2) is 382 Å². The molecular formula is C108H84N4. The van der Waals surface area contributed by atoms with Crippen LogP contribution in [-0.4, -0.2) is 9.13 Å². The molecule has 4 nitrogen and oxygen atoms in total. The van der Waals surface area contributed by atoms with Gasteiger partial charge in [0, 0.05) is 67.0 Å². The number of anilines is 6. The summed E-state index contributed by atoms with van der Waals surface area (Å²) >= 11 is 0. The van der Waals surface area contributed by atoms with Crippen LogP contribution in [0.4, 0.5) is 34.1 Å². The van der Waals surface area contributed by atoms with Crippen LogP contribution >= 0.6 is 0 Å². The maximum atomic E-state index is 2.47. The van der Waals surface area contributed by atoms with Gasteiger partial charge in [0.1, 0.15) is 0 Å². The molecule has 0 radical (unpaired) electrons. The monoisotopic (exact) mass is 1440 g/mol. The largest absolute Gasteiger partial charge is 0.310 e. The highest BCUT2D eigenvalue weighted by Crippen LogP contribution is 2.50. The lowest BCUT2D eigenvalue weighted by molar-refractivity contribution is 0.590. The van der Waals surface area contributed by atoms with Gasteiger partial charge in [-0.3, -0.25) is 0 Å². The lowest BCUT2D eigenvalue weighted by atomic mass is 9.82. The molecule has 536 valence electrons. The molecule has 20 aromatic rings. The van der Waals surface area contributed by atoms with Gasteiger partial charge in [0.05, 0.1) is 22.1 Å². The van der Waals surface area contributed by atoms with Crippen LogP contribution < -0.4 is 9.80 Å². The zero-order valence-electron chi connectivity index (χ0n) is 64.2. The van der Waals surface area contributed by atoms with E-state index < -0.39 is 0 Å². The van der Waals surface area contributed by atoms with Gasteiger partial charge in [-0.1, -0.05) is 293 Å². The van der Waals surface area contributed by atoms with Crippen molar-refractivity contribution in [1.29, 1.82) is 0 Å². The summed E-state index contributed by atoms with van der Waals surface area (Å²) < 4.78 is 4.88. The molecular weight excluding hydrogens is 1350 g/mol. The Morgan fingerprint density at radius 1 is 0.223 bits per heavy atom. The topological polar surface area (TPSA) is 16.3 Å². The molecule has 0 saturated carbocycles. The van der Waals surface area contributed by atoms with Gasteiger partial charge in [0.15, 0.2) is 0 Å². The zero-order valence-corrected chi connectivity index (χ0v) is 64.2. The number of hydrogen-bond acceptors (Lipinski definition) is 2. The number of aryl methyl sites for hydroxylation is 4. The number of fused-ring (bicyclic) bond motifs is 10. The molecule has 0 N–H and O–H groups in total. The first-order chi connectivity index (χ1) is 54.9. The summed E-state index contributed by atoms with van der Waals surface area (Å²) in [5.41, 5.74) is 30.5. The molecule has 0 amide bonds. The van der Waals surface area contributed by atoms with Gasteiger partial charge in [-0.15, -0.1) is 0 Å². The normalized spacial score (nSPS) is 11.7. The Bertz CT molecular complexity index is 6870. The third kappa shape index (κ3) is 12.1. The molecule has 0 atom stereocenters. The summed E-state index contributed by atoms with van der Waals surface area (Å²) in [5, 5.41) is 15.1. The standard InChI is InChI=1S/C57H48N2.C51H36N2/c1-37-25-31-48-51(33-37)55(40-26-28-41(29-27-40)57(4,5)6)46-22-13-14-23-47(46)56(48)49-34-39(3)54(35-38(49)2)59-52-24-16-15-21-45(52)50-36-44(30-32-53(50)59)58(42-17-9-7-10-18-42)43-19-11-8-12-20-43;1-35-24-28-39(29-25-35)52(38-16-6-3-7-17-38)41-32-33-49-47(34-41)42-18-12-13-23-48(42)53(49)40-30-26-37(27-31-40)51-45-21-10-8-19-43(45)50(36-14-4-2-5-15-36)44-20-9-11-22-46(44)51/h7-36H,1-6H3;2-34H,1H3. The van der Waals surface area contributed by atoms with E-state index in [0.29, 0.717) is 0 Å². The molecule has 2 aromatic heterocycles. The SMILES string of the molecule is Cc1ccc(N(c2ccccc2)c2ccc3c(c2)c2ccccc2n3-c2ccc(-c3c4ccccc4c(-c4ccccc4)c4ccccc34)cc2)cc1.Cc1ccc2c(-c3cc(C)c(-n4c5ccccc5c5cc(N(c6ccccc6)c6ccccc6)ccc54)cc3C)c3ccccc3c(-c3ccc(C(C)(C)C)cc3)c2c1. The number of rotatable bonds is 12. The molecule has 0 bridgehead atoms. The number of benzene rings is 18. The van der Waals surface area contributed by atoms with Gasteiger partial charge in [-0.05, 0) is 259 Å². The average molecular weight is 1440 g/mol. The minimum Gasteiger partial charge on any atom is -0.310 e. The fraction of sp³-hybridized carbons (Fsp3) is 0.0741. The van der Waals surface area contributed by atoms with Gasteiger partial charge in [-0.2, -0.15) is 0 Å². The van der Waals surface area contributed by atoms with E-state index >= 15 is 0 Å². The van der Waals surface area contributed by atoms with Crippen LogP contribution in [0.3, 0.4) is 0 Å². The van der Waals surface area contributed by atoms with E-state index in [2.05, 4.69) is 450 Å². The van der Waals surface area contributed by atoms with E-state index in [1.807, 2.05) is 0 Å². The Morgan fingerprint density at radius 3 is 1.04 bits per heavy atom. The minimum atomic E-state index is 0.0960. The van der Waals surface area contributed by atoms with E-state index in [9.17, 15) is 0 Å². The summed E-state index contributed by atoms with van der Waals surface area (Å²) in [6.45, 7) is 15.8. The molecule has 0 spiro atoms. The Labute approximate surface area is 655 Å². The first-order valence-corrected chi connectivity index (χ1v) is 39.0. The van der Waals surface area contributed by atoms with Crippen molar-refractivity contribution in [3.8, 4) is 55.9 Å². The molecule has 0 aliphatic rings. The van der Waals surface area contributed by atoms with Crippen LogP contribution in [0, 0.1) is 27.7 Å². The molecule has 0 unspecified atom stereocenters. The predicted octanol–water partition coefficient (Wildman–Crippen LogP) is 30.3. The van der Waals surface area contributed by atoms with E-state index in [4.69, 9.17) is 0 Å². The third-order valence-corrected chi connectivity index (χ3v) is 22.8. The molecule has 0 fully saturated rings. The van der Waals surface area contributed by atoms with Crippen LogP contribution in [0.5, 0.6) is 0 Å². The second-order valence-corrected chi connectivity index (χ2v) is 31.0. The van der Waals surface area contributed by atoms with Gasteiger partial charge in [0.25, 0.3) is 0 Å². The quantitative estimate of drug-likeness (QED) is 0.113. The molecule has 112 heavy (non-hydrogen) atoms. The maximum Gasteiger partial charge on any atom is 0.0542 e. The maximum absolute atomic E-state index is 2.47. The summed E-state index contributed by atoms with van der Waals surface area (Å²) in [5.74, 6) is 0. The van der Waals surface area contributed by atoms with Crippen molar-refractivity contribution in [3.63, 3.8) is 0 Å². The molecule has 0 aliphatic heterocycles. The van der Waals surface area contributed by atoms with Crippen molar-refractivity contribution >= 4 is 121 Å². The number of para-hydroxylation sites is 5. The third-order valence-electron chi connectivity index (χ3n) is 22.8. The molecule has 18 aromatic carbocycles. The fourth-order valence-electron chi connectivity index (χ4n) is 17.5. The lowest BCUT2D eigenvalue weighted by Gasteiger charge is -2.25. The van der Waals surface area contributed by atoms with Gasteiger partial charge >= 0.3 is 0 Å². The van der Waals surface area contributed by atoms with Crippen molar-refractivity contribution in [2.75, 3.05) is 9.80 Å². The van der Waals surface area contributed by atoms with Gasteiger partial charge < -0.3 is 18.9 Å². The summed E-state index contributed by atoms with van der Waals surface area (Å²) in [6, 6.07) is 140. The molecule has 0 saturated heterocycles. The van der Waals surface area contributed by atoms with Gasteiger partial charge in [-0.25, -0.2) is 0 Å². The van der Waals surface area contributed by atoms with Crippen LogP contribution in [-0.2, 0) is 5.41 Å². The van der Waals surface area contributed by atoms with Crippen molar-refractivity contribution in [2.45, 2.75) is 53.9 Å². The lowest BCUT2D eigenvalue weighted by Crippen LogP contribution is -2.10. The number of hydrogen-bond donors (Lipinski definition) is 0. The zero-order chi connectivity index (χ0) is 75.7. The van der Waals surface area contributed by atoms with Gasteiger partial charge in [0.2, 0.25) is 0 Å². The number of aromatic nitrogens is 2. The van der Waals surface area contributed by atoms with E-state index in [0.717, 1.165) is 39.8 Å². The van der Waals surface area contributed by atoms with Crippen molar-refractivity contribution in [3.05, 3.63) is 410 Å². The Hall–Kier alpha value is -13.8. The minimum absolute atomic E-state index is 0.0960. The fourth-order valence-corrected chi connectivity index (χ4v) is 17.5. The Morgan fingerprint density at radius 2 is 0.571 bits per heavy atom. The molecule has 4 heteroatoms. The second-order valence-electron chi connectivity index (χ2n) is 31.0. The second kappa shape index (κ2) is 28.3. The van der Waals surface area contributed by atoms with Crippen LogP contribution in [0.2, 0.25) is 0 Å². The van der Waals surface area contributed by atoms with Crippen molar-refractivity contribution in [1.82, 2.24) is 9.13 Å². The van der Waals surface area contributed by atoms with E-state index in [-0.39, 0.29) is 5.41 Å². The first-order valence-electron chi connectivity index (χ1n) is 39.0. The summed E-state index contributed by atoms with van der Waals surface area (Å²) in [7, 11) is 0. The van der Waals surface area contributed by atoms with Crippen LogP contribution in [0.25, 0.3) is 143 Å².